The van der Waals surface area contributed by atoms with Crippen LogP contribution in [0.5, 0.6) is 0 Å². The van der Waals surface area contributed by atoms with Crippen LogP contribution in [0, 0.1) is 5.92 Å². The molecule has 1 saturated carbocycles. The third-order valence-electron chi connectivity index (χ3n) is 5.45. The highest BCUT2D eigenvalue weighted by Crippen LogP contribution is 2.28. The summed E-state index contributed by atoms with van der Waals surface area (Å²) in [6.45, 7) is 2.34. The van der Waals surface area contributed by atoms with E-state index in [1.54, 1.807) is 30.3 Å². The van der Waals surface area contributed by atoms with E-state index in [1.807, 2.05) is 0 Å². The first-order valence-corrected chi connectivity index (χ1v) is 10.7. The molecule has 6 N–H and O–H groups in total. The molecular formula is C21H31BN4O6. The van der Waals surface area contributed by atoms with Gasteiger partial charge >= 0.3 is 7.12 Å². The summed E-state index contributed by atoms with van der Waals surface area (Å²) in [5.74, 6) is -2.92. The first kappa shape index (κ1) is 25.3. The molecule has 3 atom stereocenters. The quantitative estimate of drug-likeness (QED) is 0.258. The van der Waals surface area contributed by atoms with Gasteiger partial charge in [0.15, 0.2) is 0 Å². The van der Waals surface area contributed by atoms with Gasteiger partial charge in [0.25, 0.3) is 0 Å². The number of carbonyl (C=O) groups excluding carboxylic acids is 4. The fourth-order valence-electron chi connectivity index (χ4n) is 3.73. The Balaban J connectivity index is 2.11. The molecule has 0 unspecified atom stereocenters. The zero-order valence-electron chi connectivity index (χ0n) is 18.3. The Morgan fingerprint density at radius 1 is 1.00 bits per heavy atom. The van der Waals surface area contributed by atoms with Crippen molar-refractivity contribution in [3.8, 4) is 0 Å². The number of hydrogen-bond acceptors (Lipinski definition) is 6. The minimum atomic E-state index is -1.73. The summed E-state index contributed by atoms with van der Waals surface area (Å²) in [6.07, 6.45) is 3.59. The number of amides is 4. The molecule has 4 amide bonds. The second-order valence-electron chi connectivity index (χ2n) is 8.06. The van der Waals surface area contributed by atoms with Gasteiger partial charge in [0.1, 0.15) is 12.1 Å². The van der Waals surface area contributed by atoms with Crippen molar-refractivity contribution < 1.29 is 29.2 Å². The Morgan fingerprint density at radius 3 is 2.19 bits per heavy atom. The molecule has 0 aromatic heterocycles. The van der Waals surface area contributed by atoms with E-state index in [-0.39, 0.29) is 11.8 Å². The maximum atomic E-state index is 13.1. The van der Waals surface area contributed by atoms with Crippen LogP contribution < -0.4 is 21.3 Å². The molecule has 0 aliphatic heterocycles. The summed E-state index contributed by atoms with van der Waals surface area (Å²) in [6, 6.07) is 6.75. The van der Waals surface area contributed by atoms with Gasteiger partial charge in [0.2, 0.25) is 23.6 Å². The number of nitrogens with one attached hydrogen (secondary N) is 4. The van der Waals surface area contributed by atoms with Gasteiger partial charge in [0.05, 0.1) is 12.5 Å². The summed E-state index contributed by atoms with van der Waals surface area (Å²) in [5, 5.41) is 28.4. The molecule has 1 fully saturated rings. The molecule has 1 aliphatic rings. The van der Waals surface area contributed by atoms with Crippen LogP contribution in [0.25, 0.3) is 0 Å². The predicted octanol–water partition coefficient (Wildman–Crippen LogP) is -0.828. The largest absolute Gasteiger partial charge is 0.475 e. The van der Waals surface area contributed by atoms with E-state index >= 15 is 0 Å². The molecule has 32 heavy (non-hydrogen) atoms. The number of hydrogen-bond donors (Lipinski definition) is 6. The first-order valence-electron chi connectivity index (χ1n) is 10.7. The van der Waals surface area contributed by atoms with Crippen molar-refractivity contribution in [2.45, 2.75) is 57.6 Å². The van der Waals surface area contributed by atoms with E-state index in [0.717, 1.165) is 25.7 Å². The van der Waals surface area contributed by atoms with Crippen LogP contribution in [-0.2, 0) is 19.2 Å². The third-order valence-corrected chi connectivity index (χ3v) is 5.45. The van der Waals surface area contributed by atoms with Crippen LogP contribution >= 0.6 is 0 Å². The zero-order valence-corrected chi connectivity index (χ0v) is 18.3. The van der Waals surface area contributed by atoms with Gasteiger partial charge < -0.3 is 31.3 Å². The predicted molar refractivity (Wildman–Crippen MR) is 118 cm³/mol. The summed E-state index contributed by atoms with van der Waals surface area (Å²) in [5.41, 5.74) is 0.519. The van der Waals surface area contributed by atoms with E-state index in [4.69, 9.17) is 10.0 Å². The maximum Gasteiger partial charge on any atom is 0.475 e. The topological polar surface area (TPSA) is 157 Å². The van der Waals surface area contributed by atoms with Crippen molar-refractivity contribution in [3.05, 3.63) is 35.9 Å². The van der Waals surface area contributed by atoms with Crippen LogP contribution in [0.4, 0.5) is 0 Å². The molecule has 0 radical (unpaired) electrons. The summed E-state index contributed by atoms with van der Waals surface area (Å²) in [4.78, 5) is 49.6. The molecular weight excluding hydrogens is 415 g/mol. The van der Waals surface area contributed by atoms with Crippen LogP contribution in [0.2, 0.25) is 0 Å². The molecule has 11 heteroatoms. The SMILES string of the molecule is CC(=O)N[C@H](C(=O)N[C@H](C(=O)NCC(=O)N[C@@H](C)B(O)O)c1ccccc1)C1CCCC1. The van der Waals surface area contributed by atoms with Gasteiger partial charge in [-0.15, -0.1) is 0 Å². The van der Waals surface area contributed by atoms with Crippen molar-refractivity contribution in [3.63, 3.8) is 0 Å². The first-order chi connectivity index (χ1) is 15.2. The zero-order chi connectivity index (χ0) is 23.7. The second-order valence-corrected chi connectivity index (χ2v) is 8.06. The Hall–Kier alpha value is -2.92. The monoisotopic (exact) mass is 446 g/mol. The Labute approximate surface area is 187 Å². The number of benzene rings is 1. The van der Waals surface area contributed by atoms with Gasteiger partial charge in [-0.1, -0.05) is 43.2 Å². The molecule has 0 saturated heterocycles. The molecule has 2 rings (SSSR count). The highest BCUT2D eigenvalue weighted by molar-refractivity contribution is 6.43. The number of rotatable bonds is 10. The van der Waals surface area contributed by atoms with E-state index in [9.17, 15) is 19.2 Å². The summed E-state index contributed by atoms with van der Waals surface area (Å²) < 4.78 is 0. The third kappa shape index (κ3) is 7.65. The molecule has 10 nitrogen and oxygen atoms in total. The smallest absolute Gasteiger partial charge is 0.426 e. The standard InChI is InChI=1S/C21H31BN4O6/c1-13(22(31)32)24-17(28)12-23-20(29)18(15-8-4-3-5-9-15)26-21(30)19(25-14(2)27)16-10-6-7-11-16/h3-5,8-9,13,16,18-19,31-32H,6-7,10-12H2,1-2H3,(H,23,29)(H,24,28)(H,25,27)(H,26,30)/t13-,18-,19-/m0/s1. The molecule has 0 heterocycles. The highest BCUT2D eigenvalue weighted by Gasteiger charge is 2.34. The fraction of sp³-hybridized carbons (Fsp3) is 0.524. The summed E-state index contributed by atoms with van der Waals surface area (Å²) in [7, 11) is -1.73. The van der Waals surface area contributed by atoms with Crippen molar-refractivity contribution >= 4 is 30.7 Å². The Kier molecular flexibility index (Phi) is 9.67. The van der Waals surface area contributed by atoms with Crippen LogP contribution in [0.3, 0.4) is 0 Å². The van der Waals surface area contributed by atoms with E-state index in [1.165, 1.54) is 13.8 Å². The van der Waals surface area contributed by atoms with Crippen LogP contribution in [0.15, 0.2) is 30.3 Å². The van der Waals surface area contributed by atoms with Gasteiger partial charge in [-0.25, -0.2) is 0 Å². The highest BCUT2D eigenvalue weighted by atomic mass is 16.4. The van der Waals surface area contributed by atoms with Crippen molar-refractivity contribution in [2.75, 3.05) is 6.54 Å². The minimum Gasteiger partial charge on any atom is -0.426 e. The second kappa shape index (κ2) is 12.2. The molecule has 1 aromatic carbocycles. The van der Waals surface area contributed by atoms with Gasteiger partial charge in [-0.2, -0.15) is 0 Å². The van der Waals surface area contributed by atoms with Gasteiger partial charge in [-0.3, -0.25) is 19.2 Å². The van der Waals surface area contributed by atoms with Crippen LogP contribution in [0.1, 0.15) is 51.1 Å². The molecule has 174 valence electrons. The molecule has 1 aromatic rings. The van der Waals surface area contributed by atoms with E-state index < -0.39 is 49.4 Å². The lowest BCUT2D eigenvalue weighted by Gasteiger charge is -2.26. The fourth-order valence-corrected chi connectivity index (χ4v) is 3.73. The van der Waals surface area contributed by atoms with Gasteiger partial charge in [0, 0.05) is 6.92 Å². The van der Waals surface area contributed by atoms with E-state index in [2.05, 4.69) is 21.3 Å². The van der Waals surface area contributed by atoms with Crippen molar-refractivity contribution in [1.82, 2.24) is 21.3 Å². The lowest BCUT2D eigenvalue weighted by Crippen LogP contribution is -2.53. The maximum absolute atomic E-state index is 13.1. The lowest BCUT2D eigenvalue weighted by molar-refractivity contribution is -0.133. The van der Waals surface area contributed by atoms with Crippen molar-refractivity contribution in [2.24, 2.45) is 5.92 Å². The average Bonchev–Trinajstić information content (AvgIpc) is 3.29. The van der Waals surface area contributed by atoms with Crippen LogP contribution in [-0.4, -0.2) is 59.3 Å². The van der Waals surface area contributed by atoms with Gasteiger partial charge in [-0.05, 0) is 31.2 Å². The minimum absolute atomic E-state index is 0.00411. The van der Waals surface area contributed by atoms with E-state index in [0.29, 0.717) is 5.56 Å². The number of carbonyl (C=O) groups is 4. The van der Waals surface area contributed by atoms with Crippen molar-refractivity contribution in [1.29, 1.82) is 0 Å². The normalized spacial score (nSPS) is 16.4. The average molecular weight is 446 g/mol. The molecule has 0 spiro atoms. The summed E-state index contributed by atoms with van der Waals surface area (Å²) >= 11 is 0. The Bertz CT molecular complexity index is 801. The lowest BCUT2D eigenvalue weighted by atomic mass is 9.81. The Morgan fingerprint density at radius 2 is 1.62 bits per heavy atom. The molecule has 0 bridgehead atoms. The molecule has 1 aliphatic carbocycles.